The van der Waals surface area contributed by atoms with E-state index < -0.39 is 21.9 Å². The second-order valence-electron chi connectivity index (χ2n) is 7.75. The van der Waals surface area contributed by atoms with Crippen molar-refractivity contribution in [3.05, 3.63) is 35.8 Å². The summed E-state index contributed by atoms with van der Waals surface area (Å²) < 4.78 is 42.0. The Balaban J connectivity index is 1.74. The van der Waals surface area contributed by atoms with E-state index in [-0.39, 0.29) is 17.0 Å². The number of nitrogens with zero attached hydrogens (tertiary/aromatic N) is 2. The van der Waals surface area contributed by atoms with Crippen molar-refractivity contribution in [1.29, 1.82) is 0 Å². The van der Waals surface area contributed by atoms with Crippen LogP contribution in [-0.4, -0.2) is 54.7 Å². The van der Waals surface area contributed by atoms with E-state index in [1.54, 1.807) is 19.1 Å². The largest absolute Gasteiger partial charge is 0.390 e. The van der Waals surface area contributed by atoms with E-state index in [0.717, 1.165) is 18.9 Å². The Morgan fingerprint density at radius 1 is 1.29 bits per heavy atom. The first-order valence-corrected chi connectivity index (χ1v) is 11.2. The van der Waals surface area contributed by atoms with Gasteiger partial charge in [0.15, 0.2) is 0 Å². The number of nitrogens with one attached hydrogen (secondary N) is 1. The van der Waals surface area contributed by atoms with Crippen molar-refractivity contribution in [3.8, 4) is 0 Å². The minimum atomic E-state index is -3.99. The molecule has 6 nitrogen and oxygen atoms in total. The van der Waals surface area contributed by atoms with Crippen LogP contribution in [0.4, 0.5) is 4.39 Å². The summed E-state index contributed by atoms with van der Waals surface area (Å²) in [5.74, 6) is -0.664. The molecular weight excluding hydrogens is 381 g/mol. The molecule has 2 heterocycles. The van der Waals surface area contributed by atoms with Crippen molar-refractivity contribution >= 4 is 20.9 Å². The first kappa shape index (κ1) is 21.1. The lowest BCUT2D eigenvalue weighted by Gasteiger charge is -2.40. The van der Waals surface area contributed by atoms with Crippen LogP contribution >= 0.6 is 0 Å². The molecule has 0 saturated carbocycles. The molecule has 1 aliphatic rings. The van der Waals surface area contributed by atoms with E-state index in [1.807, 2.05) is 0 Å². The van der Waals surface area contributed by atoms with Gasteiger partial charge in [-0.15, -0.1) is 0 Å². The highest BCUT2D eigenvalue weighted by atomic mass is 32.2. The van der Waals surface area contributed by atoms with Crippen molar-refractivity contribution in [1.82, 2.24) is 14.6 Å². The Morgan fingerprint density at radius 3 is 2.64 bits per heavy atom. The molecule has 0 amide bonds. The Bertz CT molecular complexity index is 936. The highest BCUT2D eigenvalue weighted by molar-refractivity contribution is 7.89. The zero-order valence-electron chi connectivity index (χ0n) is 16.5. The van der Waals surface area contributed by atoms with Crippen molar-refractivity contribution < 1.29 is 17.9 Å². The number of hydrogen-bond acceptors (Lipinski definition) is 5. The van der Waals surface area contributed by atoms with Gasteiger partial charge in [-0.3, -0.25) is 9.88 Å². The van der Waals surface area contributed by atoms with Gasteiger partial charge in [0.2, 0.25) is 10.0 Å². The van der Waals surface area contributed by atoms with E-state index in [2.05, 4.69) is 28.5 Å². The number of benzene rings is 1. The molecule has 2 N–H and O–H groups in total. The van der Waals surface area contributed by atoms with Gasteiger partial charge in [0, 0.05) is 42.3 Å². The lowest BCUT2D eigenvalue weighted by atomic mass is 9.97. The fraction of sp³-hybridized carbons (Fsp3) is 0.550. The number of hydrogen-bond donors (Lipinski definition) is 2. The molecule has 3 atom stereocenters. The van der Waals surface area contributed by atoms with Crippen LogP contribution < -0.4 is 4.72 Å². The predicted octanol–water partition coefficient (Wildman–Crippen LogP) is 2.58. The Labute approximate surface area is 165 Å². The minimum Gasteiger partial charge on any atom is -0.390 e. The average Bonchev–Trinajstić information content (AvgIpc) is 2.62. The molecule has 3 rings (SSSR count). The number of β-amino-alcohol motifs (C(OH)–C–C–N with tert-alkyl or cyclic N) is 1. The van der Waals surface area contributed by atoms with Crippen LogP contribution in [0.2, 0.25) is 0 Å². The zero-order valence-corrected chi connectivity index (χ0v) is 17.3. The van der Waals surface area contributed by atoms with Crippen molar-refractivity contribution in [2.45, 2.75) is 63.1 Å². The van der Waals surface area contributed by atoms with E-state index in [0.29, 0.717) is 29.7 Å². The first-order valence-electron chi connectivity index (χ1n) is 9.68. The van der Waals surface area contributed by atoms with Crippen LogP contribution in [0.15, 0.2) is 29.2 Å². The number of fused-ring (bicyclic) bond motifs is 1. The lowest BCUT2D eigenvalue weighted by Crippen LogP contribution is -2.49. The second-order valence-corrected chi connectivity index (χ2v) is 9.49. The van der Waals surface area contributed by atoms with Gasteiger partial charge in [0.05, 0.1) is 16.5 Å². The van der Waals surface area contributed by atoms with Crippen molar-refractivity contribution in [2.75, 3.05) is 13.1 Å². The normalized spacial score (nSPS) is 22.5. The smallest absolute Gasteiger partial charge is 0.241 e. The van der Waals surface area contributed by atoms with Gasteiger partial charge in [-0.2, -0.15) is 0 Å². The third kappa shape index (κ3) is 4.68. The van der Waals surface area contributed by atoms with Crippen LogP contribution in [0.1, 0.15) is 38.8 Å². The molecule has 0 spiro atoms. The van der Waals surface area contributed by atoms with Gasteiger partial charge in [0.25, 0.3) is 0 Å². The average molecular weight is 410 g/mol. The third-order valence-corrected chi connectivity index (χ3v) is 6.93. The summed E-state index contributed by atoms with van der Waals surface area (Å²) in [6, 6.07) is 6.23. The summed E-state index contributed by atoms with van der Waals surface area (Å²) >= 11 is 0. The molecule has 1 fully saturated rings. The number of aryl methyl sites for hydroxylation is 1. The number of rotatable bonds is 6. The van der Waals surface area contributed by atoms with E-state index >= 15 is 0 Å². The molecule has 1 aromatic carbocycles. The van der Waals surface area contributed by atoms with Crippen molar-refractivity contribution in [2.24, 2.45) is 0 Å². The van der Waals surface area contributed by atoms with Gasteiger partial charge >= 0.3 is 0 Å². The number of sulfonamides is 1. The Kier molecular flexibility index (Phi) is 6.34. The molecule has 2 aromatic rings. The molecule has 28 heavy (non-hydrogen) atoms. The monoisotopic (exact) mass is 409 g/mol. The second kappa shape index (κ2) is 8.41. The highest BCUT2D eigenvalue weighted by Crippen LogP contribution is 2.24. The van der Waals surface area contributed by atoms with Gasteiger partial charge in [0.1, 0.15) is 5.82 Å². The summed E-state index contributed by atoms with van der Waals surface area (Å²) in [6.45, 7) is 6.28. The van der Waals surface area contributed by atoms with E-state index in [1.165, 1.54) is 12.5 Å². The van der Waals surface area contributed by atoms with Gasteiger partial charge in [-0.05, 0) is 51.8 Å². The van der Waals surface area contributed by atoms with Crippen LogP contribution in [0.25, 0.3) is 10.9 Å². The zero-order chi connectivity index (χ0) is 20.5. The van der Waals surface area contributed by atoms with Crippen LogP contribution in [0, 0.1) is 12.7 Å². The quantitative estimate of drug-likeness (QED) is 0.766. The van der Waals surface area contributed by atoms with Gasteiger partial charge in [-0.1, -0.05) is 6.42 Å². The standard InChI is InChI=1S/C20H28FN3O3S/c1-13-7-8-18-19(23-13)9-16(21)10-20(18)28(26,27)22-11-17(25)12-24-14(2)5-4-6-15(24)3/h7-10,14-15,17,22,25H,4-6,11-12H2,1-3H3/t14-,15+,17-/m0/s1. The van der Waals surface area contributed by atoms with E-state index in [9.17, 15) is 17.9 Å². The molecule has 0 radical (unpaired) electrons. The van der Waals surface area contributed by atoms with Crippen LogP contribution in [-0.2, 0) is 10.0 Å². The number of piperidine rings is 1. The Hall–Kier alpha value is -1.61. The highest BCUT2D eigenvalue weighted by Gasteiger charge is 2.27. The third-order valence-electron chi connectivity index (χ3n) is 5.47. The number of halogens is 1. The van der Waals surface area contributed by atoms with Gasteiger partial charge < -0.3 is 5.11 Å². The number of aromatic nitrogens is 1. The summed E-state index contributed by atoms with van der Waals surface area (Å²) in [6.07, 6.45) is 2.47. The lowest BCUT2D eigenvalue weighted by molar-refractivity contribution is 0.0438. The SMILES string of the molecule is Cc1ccc2c(S(=O)(=O)NC[C@H](O)CN3[C@H](C)CCC[C@@H]3C)cc(F)cc2n1. The maximum atomic E-state index is 14.0. The maximum absolute atomic E-state index is 14.0. The number of aliphatic hydroxyl groups is 1. The van der Waals surface area contributed by atoms with E-state index in [4.69, 9.17) is 0 Å². The fourth-order valence-electron chi connectivity index (χ4n) is 3.92. The maximum Gasteiger partial charge on any atom is 0.241 e. The topological polar surface area (TPSA) is 82.5 Å². The molecular formula is C20H28FN3O3S. The molecule has 0 aliphatic carbocycles. The first-order chi connectivity index (χ1) is 13.2. The minimum absolute atomic E-state index is 0.129. The number of pyridine rings is 1. The number of aliphatic hydroxyl groups excluding tert-OH is 1. The molecule has 154 valence electrons. The fourth-order valence-corrected chi connectivity index (χ4v) is 5.22. The summed E-state index contributed by atoms with van der Waals surface area (Å²) in [4.78, 5) is 6.26. The predicted molar refractivity (Wildman–Crippen MR) is 107 cm³/mol. The van der Waals surface area contributed by atoms with Gasteiger partial charge in [-0.25, -0.2) is 17.5 Å². The summed E-state index contributed by atoms with van der Waals surface area (Å²) in [5.41, 5.74) is 0.964. The molecule has 1 aromatic heterocycles. The molecule has 8 heteroatoms. The number of likely N-dealkylation sites (tertiary alicyclic amines) is 1. The van der Waals surface area contributed by atoms with Crippen molar-refractivity contribution in [3.63, 3.8) is 0 Å². The summed E-state index contributed by atoms with van der Waals surface area (Å²) in [7, 11) is -3.99. The molecule has 0 bridgehead atoms. The summed E-state index contributed by atoms with van der Waals surface area (Å²) in [5, 5.41) is 10.8. The molecule has 0 unspecified atom stereocenters. The Morgan fingerprint density at radius 2 is 1.96 bits per heavy atom. The van der Waals surface area contributed by atoms with Crippen LogP contribution in [0.3, 0.4) is 0 Å². The van der Waals surface area contributed by atoms with Crippen LogP contribution in [0.5, 0.6) is 0 Å². The molecule has 1 aliphatic heterocycles. The molecule has 1 saturated heterocycles.